The normalized spacial score (nSPS) is 11.6. The molecule has 0 unspecified atom stereocenters. The average molecular weight is 337 g/mol. The van der Waals surface area contributed by atoms with Crippen molar-refractivity contribution < 1.29 is 13.7 Å². The Morgan fingerprint density at radius 3 is 2.12 bits per heavy atom. The number of nitrogens with zero attached hydrogens (tertiary/aromatic N) is 2. The van der Waals surface area contributed by atoms with Gasteiger partial charge >= 0.3 is 95.6 Å². The van der Waals surface area contributed by atoms with Gasteiger partial charge in [0.05, 0.1) is 0 Å². The molecule has 0 N–H and O–H groups in total. The third-order valence-electron chi connectivity index (χ3n) is 2.26. The summed E-state index contributed by atoms with van der Waals surface area (Å²) >= 11 is -2.88. The van der Waals surface area contributed by atoms with Gasteiger partial charge in [-0.15, -0.1) is 0 Å². The fourth-order valence-corrected chi connectivity index (χ4v) is 7.18. The third kappa shape index (κ3) is 2.31. The second-order valence-corrected chi connectivity index (χ2v) is 18.8. The van der Waals surface area contributed by atoms with Crippen LogP contribution in [0.15, 0.2) is 0 Å². The van der Waals surface area contributed by atoms with E-state index in [4.69, 9.17) is 0 Å². The molecule has 7 heteroatoms. The molecule has 0 aliphatic rings. The van der Waals surface area contributed by atoms with Crippen molar-refractivity contribution in [3.8, 4) is 0 Å². The van der Waals surface area contributed by atoms with Gasteiger partial charge in [-0.3, -0.25) is 0 Å². The van der Waals surface area contributed by atoms with Crippen molar-refractivity contribution in [3.05, 3.63) is 27.6 Å². The summed E-state index contributed by atoms with van der Waals surface area (Å²) in [4.78, 5) is 18.5. The van der Waals surface area contributed by atoms with E-state index in [1.54, 1.807) is 0 Å². The SMILES string of the molecule is Cc1c([N+](=O)[O-])c(F)nc(F)[c]1[Sn]([CH3])([CH3])[CH3]. The first-order chi connectivity index (χ1) is 7.16. The first-order valence-electron chi connectivity index (χ1n) is 4.66. The molecule has 0 aliphatic carbocycles. The molecular weight excluding hydrogens is 325 g/mol. The van der Waals surface area contributed by atoms with E-state index in [1.165, 1.54) is 6.92 Å². The van der Waals surface area contributed by atoms with Crippen LogP contribution in [0.5, 0.6) is 0 Å². The van der Waals surface area contributed by atoms with E-state index < -0.39 is 40.9 Å². The van der Waals surface area contributed by atoms with E-state index >= 15 is 0 Å². The number of pyridine rings is 1. The molecule has 0 fully saturated rings. The second-order valence-electron chi connectivity index (χ2n) is 4.55. The minimum atomic E-state index is -2.88. The number of halogens is 2. The van der Waals surface area contributed by atoms with E-state index in [0.29, 0.717) is 0 Å². The van der Waals surface area contributed by atoms with Crippen molar-refractivity contribution in [2.45, 2.75) is 21.7 Å². The number of nitro groups is 1. The van der Waals surface area contributed by atoms with Crippen LogP contribution in [0.4, 0.5) is 14.5 Å². The monoisotopic (exact) mass is 338 g/mol. The van der Waals surface area contributed by atoms with E-state index in [2.05, 4.69) is 4.98 Å². The predicted octanol–water partition coefficient (Wildman–Crippen LogP) is 2.12. The van der Waals surface area contributed by atoms with Gasteiger partial charge in [-0.05, 0) is 0 Å². The standard InChI is InChI=1S/C6H3F2N2O2.3CH3.Sn/c1-3-2-4(7)9-6(8)5(3)10(11)12;;;;/h1H3;3*1H3;. The molecule has 0 amide bonds. The van der Waals surface area contributed by atoms with Crippen molar-refractivity contribution in [2.75, 3.05) is 0 Å². The Morgan fingerprint density at radius 2 is 1.75 bits per heavy atom. The van der Waals surface area contributed by atoms with Crippen molar-refractivity contribution in [3.63, 3.8) is 0 Å². The molecule has 88 valence electrons. The van der Waals surface area contributed by atoms with Gasteiger partial charge in [-0.2, -0.15) is 0 Å². The predicted molar refractivity (Wildman–Crippen MR) is 58.5 cm³/mol. The minimum absolute atomic E-state index is 0.0818. The summed E-state index contributed by atoms with van der Waals surface area (Å²) in [5.74, 6) is -2.25. The topological polar surface area (TPSA) is 56.0 Å². The zero-order valence-electron chi connectivity index (χ0n) is 9.47. The summed E-state index contributed by atoms with van der Waals surface area (Å²) in [6.45, 7) is 1.38. The molecule has 0 saturated heterocycles. The molecule has 1 heterocycles. The van der Waals surface area contributed by atoms with Gasteiger partial charge in [0.15, 0.2) is 0 Å². The van der Waals surface area contributed by atoms with Crippen molar-refractivity contribution in [1.29, 1.82) is 0 Å². The van der Waals surface area contributed by atoms with Crippen LogP contribution in [0.1, 0.15) is 5.56 Å². The van der Waals surface area contributed by atoms with Crippen LogP contribution in [-0.2, 0) is 0 Å². The summed E-state index contributed by atoms with van der Waals surface area (Å²) in [6, 6.07) is 0. The molecule has 0 saturated carbocycles. The van der Waals surface area contributed by atoms with Gasteiger partial charge in [0.1, 0.15) is 0 Å². The number of rotatable bonds is 2. The van der Waals surface area contributed by atoms with Crippen LogP contribution in [0, 0.1) is 28.9 Å². The van der Waals surface area contributed by atoms with Gasteiger partial charge in [0, 0.05) is 0 Å². The van der Waals surface area contributed by atoms with Crippen molar-refractivity contribution in [1.82, 2.24) is 4.98 Å². The average Bonchev–Trinajstić information content (AvgIpc) is 1.97. The fourth-order valence-electron chi connectivity index (χ4n) is 1.71. The van der Waals surface area contributed by atoms with Crippen LogP contribution < -0.4 is 3.58 Å². The Kier molecular flexibility index (Phi) is 3.51. The molecule has 0 bridgehead atoms. The van der Waals surface area contributed by atoms with E-state index in [0.717, 1.165) is 0 Å². The Balaban J connectivity index is 3.65. The quantitative estimate of drug-likeness (QED) is 0.360. The Hall–Kier alpha value is -0.791. The van der Waals surface area contributed by atoms with Gasteiger partial charge in [-0.1, -0.05) is 0 Å². The van der Waals surface area contributed by atoms with Gasteiger partial charge in [0.25, 0.3) is 0 Å². The molecule has 1 rings (SSSR count). The summed E-state index contributed by atoms with van der Waals surface area (Å²) in [5.41, 5.74) is -0.624. The first-order valence-corrected chi connectivity index (χ1v) is 14.7. The van der Waals surface area contributed by atoms with E-state index in [9.17, 15) is 18.9 Å². The number of hydrogen-bond donors (Lipinski definition) is 0. The summed E-state index contributed by atoms with van der Waals surface area (Å²) in [7, 11) is 0. The molecule has 1 aromatic heterocycles. The second kappa shape index (κ2) is 4.23. The molecular formula is C9H12F2N2O2Sn. The maximum atomic E-state index is 13.5. The van der Waals surface area contributed by atoms with Gasteiger partial charge < -0.3 is 0 Å². The third-order valence-corrected chi connectivity index (χ3v) is 8.20. The van der Waals surface area contributed by atoms with Crippen LogP contribution in [0.3, 0.4) is 0 Å². The molecule has 4 nitrogen and oxygen atoms in total. The first kappa shape index (κ1) is 13.3. The van der Waals surface area contributed by atoms with Crippen LogP contribution in [-0.4, -0.2) is 28.3 Å². The zero-order chi connectivity index (χ0) is 12.7. The number of aromatic nitrogens is 1. The van der Waals surface area contributed by atoms with Crippen LogP contribution >= 0.6 is 0 Å². The molecule has 1 aromatic rings. The number of hydrogen-bond acceptors (Lipinski definition) is 3. The van der Waals surface area contributed by atoms with E-state index in [-0.39, 0.29) is 9.14 Å². The van der Waals surface area contributed by atoms with Crippen molar-refractivity contribution >= 4 is 27.6 Å². The van der Waals surface area contributed by atoms with Gasteiger partial charge in [0.2, 0.25) is 0 Å². The zero-order valence-corrected chi connectivity index (χ0v) is 12.3. The van der Waals surface area contributed by atoms with Crippen LogP contribution in [0.25, 0.3) is 0 Å². The summed E-state index contributed by atoms with van der Waals surface area (Å²) in [6.07, 6.45) is 0. The fraction of sp³-hybridized carbons (Fsp3) is 0.444. The molecule has 0 spiro atoms. The van der Waals surface area contributed by atoms with Gasteiger partial charge in [-0.25, -0.2) is 0 Å². The molecule has 0 atom stereocenters. The summed E-state index contributed by atoms with van der Waals surface area (Å²) < 4.78 is 27.0. The van der Waals surface area contributed by atoms with E-state index in [1.807, 2.05) is 14.8 Å². The molecule has 0 radical (unpaired) electrons. The van der Waals surface area contributed by atoms with Crippen molar-refractivity contribution in [2.24, 2.45) is 0 Å². The molecule has 16 heavy (non-hydrogen) atoms. The maximum absolute atomic E-state index is 13.5. The Morgan fingerprint density at radius 1 is 1.25 bits per heavy atom. The molecule has 0 aliphatic heterocycles. The Bertz CT molecular complexity index is 458. The summed E-state index contributed by atoms with van der Waals surface area (Å²) in [5, 5.41) is 10.7. The van der Waals surface area contributed by atoms with Crippen LogP contribution in [0.2, 0.25) is 14.8 Å². The Labute approximate surface area is 95.7 Å². The molecule has 0 aromatic carbocycles.